The van der Waals surface area contributed by atoms with E-state index >= 15 is 0 Å². The molecule has 4 rings (SSSR count). The van der Waals surface area contributed by atoms with Crippen LogP contribution in [-0.4, -0.2) is 57.9 Å². The van der Waals surface area contributed by atoms with Gasteiger partial charge in [-0.15, -0.1) is 0 Å². The van der Waals surface area contributed by atoms with Crippen molar-refractivity contribution in [2.24, 2.45) is 0 Å². The first-order valence-electron chi connectivity index (χ1n) is 11.0. The molecule has 2 fully saturated rings. The fourth-order valence-electron chi connectivity index (χ4n) is 4.20. The molecule has 2 aromatic rings. The van der Waals surface area contributed by atoms with Crippen LogP contribution in [0, 0.1) is 11.3 Å². The lowest BCUT2D eigenvalue weighted by Crippen LogP contribution is -2.37. The van der Waals surface area contributed by atoms with Crippen LogP contribution in [0.4, 0.5) is 39.5 Å². The summed E-state index contributed by atoms with van der Waals surface area (Å²) < 4.78 is 66.9. The van der Waals surface area contributed by atoms with Crippen molar-refractivity contribution in [3.8, 4) is 6.07 Å². The van der Waals surface area contributed by atoms with E-state index in [2.05, 4.69) is 20.3 Å². The van der Waals surface area contributed by atoms with Crippen molar-refractivity contribution in [3.05, 3.63) is 35.7 Å². The number of rotatable bonds is 5. The van der Waals surface area contributed by atoms with E-state index in [0.717, 1.165) is 18.3 Å². The van der Waals surface area contributed by atoms with Crippen LogP contribution in [0.25, 0.3) is 0 Å². The molecule has 0 aliphatic carbocycles. The van der Waals surface area contributed by atoms with Crippen LogP contribution in [0.2, 0.25) is 0 Å². The molecule has 1 N–H and O–H groups in total. The molecule has 0 aromatic carbocycles. The highest BCUT2D eigenvalue weighted by Gasteiger charge is 2.39. The summed E-state index contributed by atoms with van der Waals surface area (Å²) in [5.74, 6) is -3.19. The third kappa shape index (κ3) is 5.93. The van der Waals surface area contributed by atoms with Crippen molar-refractivity contribution in [2.75, 3.05) is 36.4 Å². The number of carbonyl (C=O) groups excluding carboxylic acids is 1. The Labute approximate surface area is 197 Å². The number of hydrogen-bond donors (Lipinski definition) is 1. The minimum atomic E-state index is -4.56. The summed E-state index contributed by atoms with van der Waals surface area (Å²) in [6.45, 7) is 0.367. The largest absolute Gasteiger partial charge is 0.416 e. The molecule has 2 aliphatic heterocycles. The van der Waals surface area contributed by atoms with E-state index in [0.29, 0.717) is 31.6 Å². The number of amides is 1. The average Bonchev–Trinajstić information content (AvgIpc) is 3.18. The van der Waals surface area contributed by atoms with Crippen molar-refractivity contribution in [1.82, 2.24) is 19.9 Å². The van der Waals surface area contributed by atoms with E-state index in [9.17, 15) is 26.7 Å². The zero-order chi connectivity index (χ0) is 25.2. The van der Waals surface area contributed by atoms with Gasteiger partial charge in [0.2, 0.25) is 11.9 Å². The molecule has 1 amide bonds. The Kier molecular flexibility index (Phi) is 6.73. The number of alkyl halides is 5. The summed E-state index contributed by atoms with van der Waals surface area (Å²) in [4.78, 5) is 27.6. The maximum atomic E-state index is 13.8. The van der Waals surface area contributed by atoms with E-state index in [-0.39, 0.29) is 48.8 Å². The van der Waals surface area contributed by atoms with Gasteiger partial charge in [-0.2, -0.15) is 23.4 Å². The van der Waals surface area contributed by atoms with Gasteiger partial charge in [-0.25, -0.2) is 18.7 Å². The number of anilines is 3. The SMILES string of the molecule is N#CCC(=O)N1CCC(c2cc(N3CCC(F)(F)C3)nc(Nc3cc(C(F)(F)F)ccn3)n2)CC1. The molecule has 0 atom stereocenters. The number of halogens is 5. The van der Waals surface area contributed by atoms with Crippen LogP contribution < -0.4 is 10.2 Å². The maximum Gasteiger partial charge on any atom is 0.416 e. The highest BCUT2D eigenvalue weighted by Crippen LogP contribution is 2.35. The molecular weight excluding hydrogens is 473 g/mol. The molecule has 0 spiro atoms. The predicted molar refractivity (Wildman–Crippen MR) is 115 cm³/mol. The van der Waals surface area contributed by atoms with E-state index in [1.54, 1.807) is 11.0 Å². The first kappa shape index (κ1) is 24.6. The van der Waals surface area contributed by atoms with Gasteiger partial charge in [0.15, 0.2) is 0 Å². The van der Waals surface area contributed by atoms with Crippen molar-refractivity contribution in [2.45, 2.75) is 43.7 Å². The summed E-state index contributed by atoms with van der Waals surface area (Å²) in [7, 11) is 0. The van der Waals surface area contributed by atoms with Crippen LogP contribution in [0.1, 0.15) is 42.9 Å². The first-order chi connectivity index (χ1) is 16.5. The van der Waals surface area contributed by atoms with Crippen molar-refractivity contribution >= 4 is 23.5 Å². The normalized spacial score (nSPS) is 18.4. The van der Waals surface area contributed by atoms with E-state index in [1.807, 2.05) is 6.07 Å². The molecule has 4 heterocycles. The molecule has 0 unspecified atom stereocenters. The van der Waals surface area contributed by atoms with Gasteiger partial charge in [-0.1, -0.05) is 0 Å². The van der Waals surface area contributed by atoms with Crippen molar-refractivity contribution in [3.63, 3.8) is 0 Å². The number of nitrogens with one attached hydrogen (secondary N) is 1. The quantitative estimate of drug-likeness (QED) is 0.624. The number of pyridine rings is 1. The molecule has 186 valence electrons. The highest BCUT2D eigenvalue weighted by atomic mass is 19.4. The van der Waals surface area contributed by atoms with E-state index in [4.69, 9.17) is 5.26 Å². The fraction of sp³-hybridized carbons (Fsp3) is 0.500. The third-order valence-electron chi connectivity index (χ3n) is 6.05. The molecule has 0 bridgehead atoms. The van der Waals surface area contributed by atoms with Gasteiger partial charge >= 0.3 is 6.18 Å². The molecule has 8 nitrogen and oxygen atoms in total. The third-order valence-corrected chi connectivity index (χ3v) is 6.05. The first-order valence-corrected chi connectivity index (χ1v) is 11.0. The van der Waals surface area contributed by atoms with E-state index < -0.39 is 24.2 Å². The zero-order valence-corrected chi connectivity index (χ0v) is 18.5. The molecule has 2 aromatic heterocycles. The molecule has 13 heteroatoms. The van der Waals surface area contributed by atoms with Crippen molar-refractivity contribution < 1.29 is 26.7 Å². The molecule has 2 aliphatic rings. The van der Waals surface area contributed by atoms with Crippen LogP contribution in [-0.2, 0) is 11.0 Å². The van der Waals surface area contributed by atoms with Gasteiger partial charge in [0.1, 0.15) is 18.1 Å². The molecular formula is C22H22F5N7O. The van der Waals surface area contributed by atoms with Gasteiger partial charge in [-0.05, 0) is 25.0 Å². The van der Waals surface area contributed by atoms with Gasteiger partial charge < -0.3 is 15.1 Å². The summed E-state index contributed by atoms with van der Waals surface area (Å²) in [6.07, 6.45) is -3.03. The Hall–Kier alpha value is -3.56. The number of hydrogen-bond acceptors (Lipinski definition) is 7. The fourth-order valence-corrected chi connectivity index (χ4v) is 4.20. The van der Waals surface area contributed by atoms with Crippen LogP contribution in [0.3, 0.4) is 0 Å². The summed E-state index contributed by atoms with van der Waals surface area (Å²) >= 11 is 0. The Bertz CT molecular complexity index is 1130. The molecule has 0 saturated carbocycles. The van der Waals surface area contributed by atoms with E-state index in [1.165, 1.54) is 4.90 Å². The lowest BCUT2D eigenvalue weighted by molar-refractivity contribution is -0.137. The number of nitrogens with zero attached hydrogens (tertiary/aromatic N) is 6. The summed E-state index contributed by atoms with van der Waals surface area (Å²) in [5.41, 5.74) is -0.368. The lowest BCUT2D eigenvalue weighted by Gasteiger charge is -2.31. The van der Waals surface area contributed by atoms with Gasteiger partial charge in [0.05, 0.1) is 23.9 Å². The number of likely N-dealkylation sites (tertiary alicyclic amines) is 1. The summed E-state index contributed by atoms with van der Waals surface area (Å²) in [6, 6.07) is 5.10. The smallest absolute Gasteiger partial charge is 0.350 e. The highest BCUT2D eigenvalue weighted by molar-refractivity contribution is 5.78. The Balaban J connectivity index is 1.60. The average molecular weight is 495 g/mol. The zero-order valence-electron chi connectivity index (χ0n) is 18.5. The Morgan fingerprint density at radius 2 is 1.94 bits per heavy atom. The topological polar surface area (TPSA) is 98.0 Å². The minimum Gasteiger partial charge on any atom is -0.350 e. The number of piperidine rings is 1. The van der Waals surface area contributed by atoms with Crippen molar-refractivity contribution in [1.29, 1.82) is 5.26 Å². The second-order valence-electron chi connectivity index (χ2n) is 8.54. The van der Waals surface area contributed by atoms with Gasteiger partial charge in [0.25, 0.3) is 5.92 Å². The Morgan fingerprint density at radius 3 is 2.57 bits per heavy atom. The second kappa shape index (κ2) is 9.59. The maximum absolute atomic E-state index is 13.8. The lowest BCUT2D eigenvalue weighted by atomic mass is 9.93. The molecule has 2 saturated heterocycles. The van der Waals surface area contributed by atoms with Crippen LogP contribution in [0.5, 0.6) is 0 Å². The Morgan fingerprint density at radius 1 is 1.20 bits per heavy atom. The molecule has 35 heavy (non-hydrogen) atoms. The van der Waals surface area contributed by atoms with Gasteiger partial charge in [0, 0.05) is 44.2 Å². The second-order valence-corrected chi connectivity index (χ2v) is 8.54. The standard InChI is InChI=1S/C22H22F5N7O/c23-21(24)5-10-34(13-21)18-12-16(14-3-8-33(9-4-14)19(35)1-6-28)30-20(32-18)31-17-11-15(2-7-29-17)22(25,26)27/h2,7,11-12,14H,1,3-5,8-10,13H2,(H,29,30,31,32). The van der Waals surface area contributed by atoms with Crippen LogP contribution in [0.15, 0.2) is 24.4 Å². The monoisotopic (exact) mass is 495 g/mol. The minimum absolute atomic E-state index is 0.0532. The number of aromatic nitrogens is 3. The number of carbonyl (C=O) groups is 1. The molecule has 0 radical (unpaired) electrons. The van der Waals surface area contributed by atoms with Crippen LogP contribution >= 0.6 is 0 Å². The van der Waals surface area contributed by atoms with Gasteiger partial charge in [-0.3, -0.25) is 4.79 Å². The number of nitriles is 1. The predicted octanol–water partition coefficient (Wildman–Crippen LogP) is 4.10. The summed E-state index contributed by atoms with van der Waals surface area (Å²) in [5, 5.41) is 11.4.